The molecule has 2 rings (SSSR count). The summed E-state index contributed by atoms with van der Waals surface area (Å²) >= 11 is 0. The first-order valence-electron chi connectivity index (χ1n) is 4.23. The summed E-state index contributed by atoms with van der Waals surface area (Å²) < 4.78 is 0. The van der Waals surface area contributed by atoms with Crippen LogP contribution in [0.5, 0.6) is 0 Å². The summed E-state index contributed by atoms with van der Waals surface area (Å²) in [6, 6.07) is 0.557. The summed E-state index contributed by atoms with van der Waals surface area (Å²) in [5, 5.41) is 0. The number of fused-ring (bicyclic) bond motifs is 1. The van der Waals surface area contributed by atoms with Gasteiger partial charge in [0.1, 0.15) is 0 Å². The Morgan fingerprint density at radius 3 is 3.09 bits per heavy atom. The third-order valence-electron chi connectivity index (χ3n) is 2.63. The van der Waals surface area contributed by atoms with E-state index in [2.05, 4.69) is 6.58 Å². The molecule has 2 aliphatic heterocycles. The van der Waals surface area contributed by atoms with Crippen LogP contribution in [-0.2, 0) is 4.79 Å². The van der Waals surface area contributed by atoms with Crippen LogP contribution in [0.4, 0.5) is 0 Å². The molecule has 11 heavy (non-hydrogen) atoms. The van der Waals surface area contributed by atoms with Crippen LogP contribution < -0.4 is 0 Å². The van der Waals surface area contributed by atoms with Gasteiger partial charge in [-0.2, -0.15) is 0 Å². The first-order valence-corrected chi connectivity index (χ1v) is 4.23. The van der Waals surface area contributed by atoms with Crippen molar-refractivity contribution in [3.63, 3.8) is 0 Å². The largest absolute Gasteiger partial charge is 0.335 e. The highest BCUT2D eigenvalue weighted by Gasteiger charge is 2.36. The van der Waals surface area contributed by atoms with E-state index in [1.165, 1.54) is 18.4 Å². The number of carbonyl (C=O) groups is 1. The molecule has 0 aliphatic carbocycles. The Morgan fingerprint density at radius 1 is 1.55 bits per heavy atom. The van der Waals surface area contributed by atoms with Gasteiger partial charge in [0, 0.05) is 19.0 Å². The standard InChI is InChI=1S/C9H13NO/c1-7-3-2-4-8-5-9(11)10(8)6-7/h8H,1-6H2. The summed E-state index contributed by atoms with van der Waals surface area (Å²) in [4.78, 5) is 13.0. The fraction of sp³-hybridized carbons (Fsp3) is 0.667. The Morgan fingerprint density at radius 2 is 2.36 bits per heavy atom. The molecular formula is C9H13NO. The molecule has 0 aromatic carbocycles. The summed E-state index contributed by atoms with van der Waals surface area (Å²) in [5.41, 5.74) is 1.22. The van der Waals surface area contributed by atoms with E-state index >= 15 is 0 Å². The highest BCUT2D eigenvalue weighted by Crippen LogP contribution is 2.29. The SMILES string of the molecule is C=C1CCCC2CC(=O)N2C1. The van der Waals surface area contributed by atoms with Gasteiger partial charge in [0.05, 0.1) is 0 Å². The first-order chi connectivity index (χ1) is 5.27. The van der Waals surface area contributed by atoms with Crippen LogP contribution in [0.15, 0.2) is 12.2 Å². The van der Waals surface area contributed by atoms with E-state index < -0.39 is 0 Å². The van der Waals surface area contributed by atoms with Gasteiger partial charge in [-0.3, -0.25) is 4.79 Å². The van der Waals surface area contributed by atoms with Crippen molar-refractivity contribution < 1.29 is 4.79 Å². The molecule has 2 heterocycles. The molecule has 2 fully saturated rings. The van der Waals surface area contributed by atoms with E-state index in [0.29, 0.717) is 11.9 Å². The van der Waals surface area contributed by atoms with E-state index in [4.69, 9.17) is 0 Å². The molecule has 60 valence electrons. The van der Waals surface area contributed by atoms with Crippen molar-refractivity contribution >= 4 is 5.91 Å². The van der Waals surface area contributed by atoms with Crippen LogP contribution >= 0.6 is 0 Å². The average molecular weight is 151 g/mol. The number of nitrogens with zero attached hydrogens (tertiary/aromatic N) is 1. The van der Waals surface area contributed by atoms with Crippen molar-refractivity contribution in [2.75, 3.05) is 6.54 Å². The van der Waals surface area contributed by atoms with Gasteiger partial charge in [0.2, 0.25) is 5.91 Å². The van der Waals surface area contributed by atoms with Crippen molar-refractivity contribution in [3.8, 4) is 0 Å². The zero-order chi connectivity index (χ0) is 7.84. The van der Waals surface area contributed by atoms with Crippen LogP contribution in [0.3, 0.4) is 0 Å². The number of hydrogen-bond donors (Lipinski definition) is 0. The van der Waals surface area contributed by atoms with Crippen molar-refractivity contribution in [2.24, 2.45) is 0 Å². The molecule has 0 spiro atoms. The molecule has 0 radical (unpaired) electrons. The number of amides is 1. The molecule has 0 aromatic rings. The lowest BCUT2D eigenvalue weighted by Crippen LogP contribution is -2.52. The average Bonchev–Trinajstić information content (AvgIpc) is 2.11. The Hall–Kier alpha value is -0.790. The molecule has 0 N–H and O–H groups in total. The number of rotatable bonds is 0. The first kappa shape index (κ1) is 6.89. The number of β-lactam (4-membered cyclic amide) rings is 1. The second-order valence-electron chi connectivity index (χ2n) is 3.52. The second kappa shape index (κ2) is 2.36. The second-order valence-corrected chi connectivity index (χ2v) is 3.52. The fourth-order valence-corrected chi connectivity index (χ4v) is 1.90. The number of hydrogen-bond acceptors (Lipinski definition) is 1. The molecule has 0 bridgehead atoms. The zero-order valence-electron chi connectivity index (χ0n) is 6.68. The Kier molecular flexibility index (Phi) is 1.48. The highest BCUT2D eigenvalue weighted by molar-refractivity contribution is 5.83. The third-order valence-corrected chi connectivity index (χ3v) is 2.63. The van der Waals surface area contributed by atoms with E-state index in [-0.39, 0.29) is 0 Å². The summed E-state index contributed by atoms with van der Waals surface area (Å²) in [6.45, 7) is 4.76. The van der Waals surface area contributed by atoms with Crippen molar-refractivity contribution in [3.05, 3.63) is 12.2 Å². The lowest BCUT2D eigenvalue weighted by atomic mass is 9.99. The van der Waals surface area contributed by atoms with Crippen LogP contribution in [0.1, 0.15) is 25.7 Å². The van der Waals surface area contributed by atoms with E-state index in [0.717, 1.165) is 19.4 Å². The minimum Gasteiger partial charge on any atom is -0.335 e. The quantitative estimate of drug-likeness (QED) is 0.378. The lowest BCUT2D eigenvalue weighted by Gasteiger charge is -2.39. The minimum absolute atomic E-state index is 0.318. The van der Waals surface area contributed by atoms with Gasteiger partial charge in [-0.05, 0) is 19.3 Å². The van der Waals surface area contributed by atoms with Crippen molar-refractivity contribution in [1.82, 2.24) is 4.90 Å². The molecular weight excluding hydrogens is 138 g/mol. The topological polar surface area (TPSA) is 20.3 Å². The normalized spacial score (nSPS) is 30.9. The monoisotopic (exact) mass is 151 g/mol. The van der Waals surface area contributed by atoms with Crippen LogP contribution in [0, 0.1) is 0 Å². The minimum atomic E-state index is 0.318. The van der Waals surface area contributed by atoms with Gasteiger partial charge in [-0.1, -0.05) is 12.2 Å². The predicted molar refractivity (Wildman–Crippen MR) is 43.1 cm³/mol. The van der Waals surface area contributed by atoms with Gasteiger partial charge in [-0.15, -0.1) is 0 Å². The van der Waals surface area contributed by atoms with Gasteiger partial charge in [-0.25, -0.2) is 0 Å². The zero-order valence-corrected chi connectivity index (χ0v) is 6.68. The summed E-state index contributed by atoms with van der Waals surface area (Å²) in [5.74, 6) is 0.318. The van der Waals surface area contributed by atoms with Gasteiger partial charge in [0.25, 0.3) is 0 Å². The molecule has 1 atom stereocenters. The lowest BCUT2D eigenvalue weighted by molar-refractivity contribution is -0.144. The Balaban J connectivity index is 2.07. The van der Waals surface area contributed by atoms with E-state index in [1.807, 2.05) is 4.90 Å². The van der Waals surface area contributed by atoms with E-state index in [1.54, 1.807) is 0 Å². The maximum atomic E-state index is 11.0. The molecule has 2 aliphatic rings. The maximum Gasteiger partial charge on any atom is 0.225 e. The molecule has 1 unspecified atom stereocenters. The smallest absolute Gasteiger partial charge is 0.225 e. The third kappa shape index (κ3) is 1.06. The van der Waals surface area contributed by atoms with Crippen LogP contribution in [0.25, 0.3) is 0 Å². The molecule has 2 saturated heterocycles. The van der Waals surface area contributed by atoms with Crippen molar-refractivity contribution in [2.45, 2.75) is 31.7 Å². The molecule has 1 amide bonds. The fourth-order valence-electron chi connectivity index (χ4n) is 1.90. The van der Waals surface area contributed by atoms with E-state index in [9.17, 15) is 4.79 Å². The van der Waals surface area contributed by atoms with Gasteiger partial charge in [0.15, 0.2) is 0 Å². The van der Waals surface area contributed by atoms with Crippen molar-refractivity contribution in [1.29, 1.82) is 0 Å². The van der Waals surface area contributed by atoms with Crippen LogP contribution in [-0.4, -0.2) is 23.4 Å². The Labute approximate surface area is 66.9 Å². The van der Waals surface area contributed by atoms with Gasteiger partial charge < -0.3 is 4.90 Å². The van der Waals surface area contributed by atoms with Crippen LogP contribution in [0.2, 0.25) is 0 Å². The molecule has 0 aromatic heterocycles. The Bertz CT molecular complexity index is 210. The highest BCUT2D eigenvalue weighted by atomic mass is 16.2. The predicted octanol–water partition coefficient (Wildman–Crippen LogP) is 1.33. The summed E-state index contributed by atoms with van der Waals surface area (Å²) in [7, 11) is 0. The number of carbonyl (C=O) groups excluding carboxylic acids is 1. The molecule has 0 saturated carbocycles. The van der Waals surface area contributed by atoms with Gasteiger partial charge >= 0.3 is 0 Å². The molecule has 2 nitrogen and oxygen atoms in total. The molecule has 2 heteroatoms. The summed E-state index contributed by atoms with van der Waals surface area (Å²) in [6.07, 6.45) is 4.30. The maximum absolute atomic E-state index is 11.0.